The minimum Gasteiger partial charge on any atom is -0.152 e. The number of unbranched alkanes of at least 4 members (excludes halogenated alkanes) is 3. The van der Waals surface area contributed by atoms with Crippen molar-refractivity contribution < 1.29 is 0 Å². The van der Waals surface area contributed by atoms with Crippen LogP contribution in [-0.4, -0.2) is 0 Å². The van der Waals surface area contributed by atoms with E-state index in [2.05, 4.69) is 33.7 Å². The van der Waals surface area contributed by atoms with Gasteiger partial charge in [-0.1, -0.05) is 12.8 Å². The van der Waals surface area contributed by atoms with Gasteiger partial charge in [0.15, 0.2) is 0 Å². The molecule has 2 aromatic rings. The minimum atomic E-state index is 1.27. The summed E-state index contributed by atoms with van der Waals surface area (Å²) in [6, 6.07) is 4.49. The first-order valence-corrected chi connectivity index (χ1v) is 7.86. The molecule has 2 heteroatoms. The molecule has 0 aliphatic rings. The van der Waals surface area contributed by atoms with Crippen molar-refractivity contribution in [3.8, 4) is 0 Å². The molecule has 2 aromatic heterocycles. The van der Waals surface area contributed by atoms with Crippen LogP contribution in [0.4, 0.5) is 0 Å². The Labute approximate surface area is 106 Å². The first kappa shape index (κ1) is 11.9. The second-order valence-electron chi connectivity index (χ2n) is 4.18. The number of hydrogen-bond acceptors (Lipinski definition) is 2. The van der Waals surface area contributed by atoms with Crippen molar-refractivity contribution >= 4 is 22.7 Å². The van der Waals surface area contributed by atoms with Crippen molar-refractivity contribution in [2.75, 3.05) is 0 Å². The van der Waals surface area contributed by atoms with Gasteiger partial charge in [0.25, 0.3) is 0 Å². The van der Waals surface area contributed by atoms with Crippen molar-refractivity contribution in [3.63, 3.8) is 0 Å². The van der Waals surface area contributed by atoms with E-state index in [0.717, 1.165) is 0 Å². The van der Waals surface area contributed by atoms with Crippen LogP contribution in [0.5, 0.6) is 0 Å². The van der Waals surface area contributed by atoms with Crippen LogP contribution in [0, 0.1) is 0 Å². The highest BCUT2D eigenvalue weighted by Gasteiger charge is 1.95. The molecule has 0 radical (unpaired) electrons. The summed E-state index contributed by atoms with van der Waals surface area (Å²) in [5, 5.41) is 8.88. The van der Waals surface area contributed by atoms with Crippen LogP contribution in [0.2, 0.25) is 0 Å². The van der Waals surface area contributed by atoms with Gasteiger partial charge in [-0.05, 0) is 70.5 Å². The highest BCUT2D eigenvalue weighted by Crippen LogP contribution is 2.13. The summed E-state index contributed by atoms with van der Waals surface area (Å²) in [5.41, 5.74) is 3.03. The molecule has 0 bridgehead atoms. The van der Waals surface area contributed by atoms with E-state index in [4.69, 9.17) is 0 Å². The third-order valence-corrected chi connectivity index (χ3v) is 4.31. The molecule has 0 aliphatic carbocycles. The monoisotopic (exact) mass is 250 g/mol. The molecule has 16 heavy (non-hydrogen) atoms. The fraction of sp³-hybridized carbons (Fsp3) is 0.429. The maximum atomic E-state index is 2.27. The summed E-state index contributed by atoms with van der Waals surface area (Å²) in [5.74, 6) is 0. The molecule has 0 nitrogen and oxygen atoms in total. The molecule has 0 aliphatic heterocycles. The predicted molar refractivity (Wildman–Crippen MR) is 74.5 cm³/mol. The molecule has 0 aromatic carbocycles. The first-order valence-electron chi connectivity index (χ1n) is 5.97. The molecule has 0 spiro atoms. The third-order valence-electron chi connectivity index (χ3n) is 2.84. The van der Waals surface area contributed by atoms with Gasteiger partial charge in [0, 0.05) is 0 Å². The summed E-state index contributed by atoms with van der Waals surface area (Å²) < 4.78 is 0. The highest BCUT2D eigenvalue weighted by atomic mass is 32.1. The van der Waals surface area contributed by atoms with Crippen LogP contribution in [-0.2, 0) is 12.8 Å². The van der Waals surface area contributed by atoms with Crippen LogP contribution in [0.3, 0.4) is 0 Å². The SMILES string of the molecule is c1cc(CCCCCCc2ccsc2)cs1. The molecule has 0 amide bonds. The second-order valence-corrected chi connectivity index (χ2v) is 5.74. The predicted octanol–water partition coefficient (Wildman–Crippen LogP) is 5.16. The van der Waals surface area contributed by atoms with Gasteiger partial charge in [-0.25, -0.2) is 0 Å². The average Bonchev–Trinajstić information content (AvgIpc) is 2.96. The molecule has 0 saturated heterocycles. The molecule has 2 rings (SSSR count). The summed E-state index contributed by atoms with van der Waals surface area (Å²) in [6.45, 7) is 0. The van der Waals surface area contributed by atoms with Gasteiger partial charge in [-0.2, -0.15) is 22.7 Å². The summed E-state index contributed by atoms with van der Waals surface area (Å²) in [6.07, 6.45) is 7.98. The van der Waals surface area contributed by atoms with Crippen molar-refractivity contribution in [3.05, 3.63) is 44.8 Å². The Balaban J connectivity index is 1.49. The largest absolute Gasteiger partial charge is 0.152 e. The molecular formula is C14H18S2. The Hall–Kier alpha value is -0.600. The lowest BCUT2D eigenvalue weighted by Crippen LogP contribution is -1.85. The number of hydrogen-bond donors (Lipinski definition) is 0. The standard InChI is InChI=1S/C14H18S2/c1(3-5-13-7-9-15-11-13)2-4-6-14-8-10-16-12-14/h7-12H,1-6H2. The molecule has 86 valence electrons. The molecule has 0 fully saturated rings. The third kappa shape index (κ3) is 4.11. The van der Waals surface area contributed by atoms with E-state index < -0.39 is 0 Å². The first-order chi connectivity index (χ1) is 7.95. The number of rotatable bonds is 7. The maximum Gasteiger partial charge on any atom is -0.00613 e. The van der Waals surface area contributed by atoms with Crippen LogP contribution < -0.4 is 0 Å². The number of thiophene rings is 2. The second kappa shape index (κ2) is 6.87. The van der Waals surface area contributed by atoms with Crippen molar-refractivity contribution in [2.24, 2.45) is 0 Å². The van der Waals surface area contributed by atoms with Gasteiger partial charge in [0.1, 0.15) is 0 Å². The van der Waals surface area contributed by atoms with Gasteiger partial charge in [0.05, 0.1) is 0 Å². The van der Waals surface area contributed by atoms with Gasteiger partial charge in [-0.15, -0.1) is 0 Å². The normalized spacial score (nSPS) is 10.8. The van der Waals surface area contributed by atoms with E-state index in [1.807, 2.05) is 22.7 Å². The van der Waals surface area contributed by atoms with Crippen LogP contribution >= 0.6 is 22.7 Å². The van der Waals surface area contributed by atoms with E-state index in [-0.39, 0.29) is 0 Å². The zero-order chi connectivity index (χ0) is 11.1. The van der Waals surface area contributed by atoms with E-state index in [0.29, 0.717) is 0 Å². The average molecular weight is 250 g/mol. The Bertz CT molecular complexity index is 321. The zero-order valence-electron chi connectivity index (χ0n) is 9.52. The van der Waals surface area contributed by atoms with E-state index in [1.165, 1.54) is 49.7 Å². The quantitative estimate of drug-likeness (QED) is 0.596. The van der Waals surface area contributed by atoms with Crippen molar-refractivity contribution in [2.45, 2.75) is 38.5 Å². The van der Waals surface area contributed by atoms with Crippen molar-refractivity contribution in [1.29, 1.82) is 0 Å². The lowest BCUT2D eigenvalue weighted by molar-refractivity contribution is 0.641. The van der Waals surface area contributed by atoms with Gasteiger partial charge < -0.3 is 0 Å². The Kier molecular flexibility index (Phi) is 5.10. The fourth-order valence-electron chi connectivity index (χ4n) is 1.88. The van der Waals surface area contributed by atoms with Gasteiger partial charge in [-0.3, -0.25) is 0 Å². The van der Waals surface area contributed by atoms with Crippen LogP contribution in [0.15, 0.2) is 33.7 Å². The molecule has 0 unspecified atom stereocenters. The lowest BCUT2D eigenvalue weighted by Gasteiger charge is -2.00. The van der Waals surface area contributed by atoms with Gasteiger partial charge in [0.2, 0.25) is 0 Å². The molecular weight excluding hydrogens is 232 g/mol. The van der Waals surface area contributed by atoms with Crippen LogP contribution in [0.1, 0.15) is 36.8 Å². The van der Waals surface area contributed by atoms with E-state index in [9.17, 15) is 0 Å². The minimum absolute atomic E-state index is 1.27. The Morgan fingerprint density at radius 3 is 1.56 bits per heavy atom. The fourth-order valence-corrected chi connectivity index (χ4v) is 3.29. The topological polar surface area (TPSA) is 0 Å². The van der Waals surface area contributed by atoms with Crippen molar-refractivity contribution in [1.82, 2.24) is 0 Å². The maximum absolute atomic E-state index is 2.27. The highest BCUT2D eigenvalue weighted by molar-refractivity contribution is 7.08. The zero-order valence-corrected chi connectivity index (χ0v) is 11.2. The van der Waals surface area contributed by atoms with E-state index in [1.54, 1.807) is 0 Å². The van der Waals surface area contributed by atoms with E-state index >= 15 is 0 Å². The summed E-state index contributed by atoms with van der Waals surface area (Å²) in [7, 11) is 0. The number of aryl methyl sites for hydroxylation is 2. The Morgan fingerprint density at radius 1 is 0.688 bits per heavy atom. The Morgan fingerprint density at radius 2 is 1.19 bits per heavy atom. The lowest BCUT2D eigenvalue weighted by atomic mass is 10.1. The summed E-state index contributed by atoms with van der Waals surface area (Å²) in [4.78, 5) is 0. The molecule has 2 heterocycles. The molecule has 0 saturated carbocycles. The summed E-state index contributed by atoms with van der Waals surface area (Å²) >= 11 is 3.61. The molecule has 0 atom stereocenters. The smallest absolute Gasteiger partial charge is 0.00613 e. The molecule has 0 N–H and O–H groups in total. The van der Waals surface area contributed by atoms with Crippen LogP contribution in [0.25, 0.3) is 0 Å². The van der Waals surface area contributed by atoms with Gasteiger partial charge >= 0.3 is 0 Å².